The molecule has 36 heavy (non-hydrogen) atoms. The predicted octanol–water partition coefficient (Wildman–Crippen LogP) is 8.07. The Morgan fingerprint density at radius 3 is 2.22 bits per heavy atom. The van der Waals surface area contributed by atoms with E-state index in [2.05, 4.69) is 56.1 Å². The summed E-state index contributed by atoms with van der Waals surface area (Å²) in [5.41, 5.74) is 3.12. The summed E-state index contributed by atoms with van der Waals surface area (Å²) in [6, 6.07) is 18.4. The second-order valence-electron chi connectivity index (χ2n) is 9.50. The summed E-state index contributed by atoms with van der Waals surface area (Å²) >= 11 is 7.34. The van der Waals surface area contributed by atoms with Crippen molar-refractivity contribution in [1.82, 2.24) is 0 Å². The first-order valence-corrected chi connectivity index (χ1v) is 13.9. The van der Waals surface area contributed by atoms with E-state index < -0.39 is 5.92 Å². The first-order valence-electron chi connectivity index (χ1n) is 12.3. The molecule has 1 heterocycles. The minimum absolute atomic E-state index is 0.0577. The van der Waals surface area contributed by atoms with Gasteiger partial charge in [-0.15, -0.1) is 0 Å². The van der Waals surface area contributed by atoms with Crippen LogP contribution in [0.15, 0.2) is 86.2 Å². The fourth-order valence-corrected chi connectivity index (χ4v) is 7.02. The van der Waals surface area contributed by atoms with Crippen molar-refractivity contribution in [2.45, 2.75) is 51.0 Å². The lowest BCUT2D eigenvalue weighted by Gasteiger charge is -2.36. The third-order valence-corrected chi connectivity index (χ3v) is 8.29. The number of fused-ring (bicyclic) bond motifs is 1. The quantitative estimate of drug-likeness (QED) is 0.301. The molecule has 0 saturated carbocycles. The van der Waals surface area contributed by atoms with Crippen molar-refractivity contribution in [1.29, 1.82) is 0 Å². The highest BCUT2D eigenvalue weighted by molar-refractivity contribution is 9.11. The average Bonchev–Trinajstić information content (AvgIpc) is 2.87. The molecule has 0 amide bonds. The number of benzene rings is 3. The number of allylic oxidation sites excluding steroid dienone is 4. The van der Waals surface area contributed by atoms with Gasteiger partial charge in [-0.25, -0.2) is 0 Å². The van der Waals surface area contributed by atoms with Crippen LogP contribution in [0, 0.1) is 0 Å². The first kappa shape index (κ1) is 23.7. The van der Waals surface area contributed by atoms with Crippen LogP contribution in [-0.2, 0) is 20.9 Å². The molecule has 0 spiro atoms. The Bertz CT molecular complexity index is 1440. The van der Waals surface area contributed by atoms with E-state index in [-0.39, 0.29) is 11.6 Å². The number of hydrogen-bond acceptors (Lipinski definition) is 4. The van der Waals surface area contributed by atoms with Gasteiger partial charge in [-0.1, -0.05) is 58.4 Å². The maximum atomic E-state index is 13.3. The van der Waals surface area contributed by atoms with Crippen molar-refractivity contribution in [3.63, 3.8) is 0 Å². The van der Waals surface area contributed by atoms with Gasteiger partial charge in [-0.3, -0.25) is 9.59 Å². The number of rotatable bonds is 4. The second kappa shape index (κ2) is 9.64. The van der Waals surface area contributed by atoms with Crippen LogP contribution < -0.4 is 4.74 Å². The highest BCUT2D eigenvalue weighted by Crippen LogP contribution is 2.51. The van der Waals surface area contributed by atoms with E-state index in [4.69, 9.17) is 9.47 Å². The number of carbonyl (C=O) groups excluding carboxylic acids is 2. The van der Waals surface area contributed by atoms with Crippen molar-refractivity contribution in [3.05, 3.63) is 97.3 Å². The number of ketones is 2. The molecule has 182 valence electrons. The van der Waals surface area contributed by atoms with Crippen molar-refractivity contribution < 1.29 is 19.1 Å². The Hall–Kier alpha value is -2.70. The smallest absolute Gasteiger partial charge is 0.163 e. The Morgan fingerprint density at radius 1 is 0.833 bits per heavy atom. The summed E-state index contributed by atoms with van der Waals surface area (Å²) in [5.74, 6) is 1.72. The lowest BCUT2D eigenvalue weighted by Crippen LogP contribution is -2.30. The third kappa shape index (κ3) is 4.14. The molecule has 2 aliphatic carbocycles. The number of hydrogen-bond donors (Lipinski definition) is 0. The van der Waals surface area contributed by atoms with E-state index in [1.54, 1.807) is 0 Å². The average molecular weight is 608 g/mol. The maximum Gasteiger partial charge on any atom is 0.163 e. The number of ether oxygens (including phenoxy) is 2. The van der Waals surface area contributed by atoms with Crippen LogP contribution in [-0.4, -0.2) is 11.6 Å². The topological polar surface area (TPSA) is 52.6 Å². The molecule has 3 aromatic carbocycles. The summed E-state index contributed by atoms with van der Waals surface area (Å²) in [7, 11) is 0. The van der Waals surface area contributed by atoms with E-state index in [1.165, 1.54) is 0 Å². The Labute approximate surface area is 226 Å². The summed E-state index contributed by atoms with van der Waals surface area (Å²) in [5, 5.41) is 2.30. The summed E-state index contributed by atoms with van der Waals surface area (Å²) in [6.45, 7) is 0.359. The molecule has 0 radical (unpaired) electrons. The molecule has 4 nitrogen and oxygen atoms in total. The van der Waals surface area contributed by atoms with Crippen LogP contribution in [0.3, 0.4) is 0 Å². The molecular weight excluding hydrogens is 584 g/mol. The molecule has 0 bridgehead atoms. The van der Waals surface area contributed by atoms with Gasteiger partial charge in [0.25, 0.3) is 0 Å². The van der Waals surface area contributed by atoms with Crippen LogP contribution in [0.25, 0.3) is 10.8 Å². The predicted molar refractivity (Wildman–Crippen MR) is 146 cm³/mol. The molecule has 0 fully saturated rings. The van der Waals surface area contributed by atoms with Crippen molar-refractivity contribution in [2.24, 2.45) is 0 Å². The maximum absolute atomic E-state index is 13.3. The summed E-state index contributed by atoms with van der Waals surface area (Å²) in [6.07, 6.45) is 3.91. The van der Waals surface area contributed by atoms with E-state index in [0.717, 1.165) is 55.2 Å². The van der Waals surface area contributed by atoms with Gasteiger partial charge >= 0.3 is 0 Å². The van der Waals surface area contributed by atoms with Crippen LogP contribution in [0.5, 0.6) is 5.75 Å². The van der Waals surface area contributed by atoms with Crippen LogP contribution >= 0.6 is 31.9 Å². The van der Waals surface area contributed by atoms with Crippen molar-refractivity contribution in [3.8, 4) is 5.75 Å². The zero-order chi connectivity index (χ0) is 24.8. The number of halogens is 2. The highest BCUT2D eigenvalue weighted by atomic mass is 79.9. The largest absolute Gasteiger partial charge is 0.487 e. The van der Waals surface area contributed by atoms with E-state index in [0.29, 0.717) is 49.2 Å². The molecule has 3 aromatic rings. The zero-order valence-corrected chi connectivity index (χ0v) is 22.8. The molecule has 0 aromatic heterocycles. The van der Waals surface area contributed by atoms with Gasteiger partial charge in [0.2, 0.25) is 0 Å². The monoisotopic (exact) mass is 606 g/mol. The standard InChI is InChI=1S/C30H24Br2O4/c31-19-14-21(27-28-23(33)10-4-12-25(28)36-26-13-5-11-24(34)29(26)27)30(22(32)15-19)35-16-18-8-3-7-17-6-1-2-9-20(17)18/h1-3,6-9,14-15,27H,4-5,10-13,16H2. The van der Waals surface area contributed by atoms with Gasteiger partial charge in [0.05, 0.1) is 10.4 Å². The molecule has 0 N–H and O–H groups in total. The van der Waals surface area contributed by atoms with Crippen LogP contribution in [0.2, 0.25) is 0 Å². The lowest BCUT2D eigenvalue weighted by molar-refractivity contribution is -0.117. The van der Waals surface area contributed by atoms with Crippen LogP contribution in [0.4, 0.5) is 0 Å². The first-order chi connectivity index (χ1) is 17.5. The van der Waals surface area contributed by atoms with Gasteiger partial charge in [0, 0.05) is 46.9 Å². The molecule has 1 aliphatic heterocycles. The summed E-state index contributed by atoms with van der Waals surface area (Å²) in [4.78, 5) is 26.5. The van der Waals surface area contributed by atoms with E-state index in [1.807, 2.05) is 30.3 Å². The minimum Gasteiger partial charge on any atom is -0.487 e. The van der Waals surface area contributed by atoms with Crippen molar-refractivity contribution in [2.75, 3.05) is 0 Å². The van der Waals surface area contributed by atoms with Gasteiger partial charge in [0.1, 0.15) is 23.9 Å². The Kier molecular flexibility index (Phi) is 6.34. The molecule has 0 atom stereocenters. The lowest BCUT2D eigenvalue weighted by atomic mass is 9.73. The Balaban J connectivity index is 1.48. The van der Waals surface area contributed by atoms with E-state index in [9.17, 15) is 9.59 Å². The van der Waals surface area contributed by atoms with Gasteiger partial charge in [-0.2, -0.15) is 0 Å². The molecule has 0 saturated heterocycles. The van der Waals surface area contributed by atoms with E-state index >= 15 is 0 Å². The SMILES string of the molecule is O=C1CCCC2=C1C(c1cc(Br)cc(Br)c1OCc1cccc3ccccc13)C1=C(CCCC1=O)O2. The number of carbonyl (C=O) groups is 2. The normalized spacial score (nSPS) is 18.3. The van der Waals surface area contributed by atoms with Gasteiger partial charge in [-0.05, 0) is 57.2 Å². The molecule has 6 heteroatoms. The molecular formula is C30H24Br2O4. The third-order valence-electron chi connectivity index (χ3n) is 7.24. The molecule has 3 aliphatic rings. The zero-order valence-electron chi connectivity index (χ0n) is 19.6. The molecule has 6 rings (SSSR count). The Morgan fingerprint density at radius 2 is 1.50 bits per heavy atom. The minimum atomic E-state index is -0.485. The van der Waals surface area contributed by atoms with Crippen molar-refractivity contribution >= 4 is 54.2 Å². The fraction of sp³-hybridized carbons (Fsp3) is 0.267. The summed E-state index contributed by atoms with van der Waals surface area (Å²) < 4.78 is 14.4. The van der Waals surface area contributed by atoms with Gasteiger partial charge < -0.3 is 9.47 Å². The fourth-order valence-electron chi connectivity index (χ4n) is 5.64. The van der Waals surface area contributed by atoms with Crippen LogP contribution in [0.1, 0.15) is 55.6 Å². The molecule has 0 unspecified atom stereocenters. The number of Topliss-reactive ketones (excluding diaryl/α,β-unsaturated/α-hetero) is 2. The highest BCUT2D eigenvalue weighted by Gasteiger charge is 2.43. The van der Waals surface area contributed by atoms with Gasteiger partial charge in [0.15, 0.2) is 11.6 Å². The second-order valence-corrected chi connectivity index (χ2v) is 11.3.